The van der Waals surface area contributed by atoms with E-state index in [9.17, 15) is 27.9 Å². The van der Waals surface area contributed by atoms with E-state index >= 15 is 0 Å². The van der Waals surface area contributed by atoms with Crippen molar-refractivity contribution in [3.63, 3.8) is 0 Å². The minimum Gasteiger partial charge on any atom is -0.480 e. The number of carboxylic acids is 1. The fourth-order valence-corrected chi connectivity index (χ4v) is 6.64. The van der Waals surface area contributed by atoms with Gasteiger partial charge in [-0.15, -0.1) is 0 Å². The van der Waals surface area contributed by atoms with Gasteiger partial charge in [-0.05, 0) is 54.7 Å². The van der Waals surface area contributed by atoms with Gasteiger partial charge in [0, 0.05) is 38.5 Å². The minimum atomic E-state index is -3.92. The summed E-state index contributed by atoms with van der Waals surface area (Å²) in [6.07, 6.45) is 4.70. The Bertz CT molecular complexity index is 1450. The molecule has 3 N–H and O–H groups in total. The number of rotatable bonds is 14. The van der Waals surface area contributed by atoms with Crippen LogP contribution in [-0.2, 0) is 37.2 Å². The lowest BCUT2D eigenvalue weighted by Crippen LogP contribution is -2.55. The second-order valence-electron chi connectivity index (χ2n) is 10.3. The Labute approximate surface area is 246 Å². The molecular weight excluding hydrogens is 556 g/mol. The minimum absolute atomic E-state index is 0.0205. The molecule has 0 saturated carbocycles. The first-order valence-electron chi connectivity index (χ1n) is 14.1. The Morgan fingerprint density at radius 2 is 1.67 bits per heavy atom. The number of pyridine rings is 1. The highest BCUT2D eigenvalue weighted by Crippen LogP contribution is 2.25. The zero-order valence-electron chi connectivity index (χ0n) is 23.3. The smallest absolute Gasteiger partial charge is 0.326 e. The molecule has 0 spiro atoms. The van der Waals surface area contributed by atoms with Gasteiger partial charge in [-0.3, -0.25) is 9.59 Å². The van der Waals surface area contributed by atoms with E-state index in [1.807, 2.05) is 18.2 Å². The number of Topliss-reactive ketones (excluding diaryl/α,β-unsaturated/α-hetero) is 1. The van der Waals surface area contributed by atoms with Crippen LogP contribution in [0.1, 0.15) is 43.2 Å². The summed E-state index contributed by atoms with van der Waals surface area (Å²) in [6, 6.07) is 18.4. The van der Waals surface area contributed by atoms with Gasteiger partial charge in [0.1, 0.15) is 23.7 Å². The summed E-state index contributed by atoms with van der Waals surface area (Å²) in [5, 5.41) is 15.6. The average molecular weight is 593 g/mol. The normalized spacial score (nSPS) is 16.3. The van der Waals surface area contributed by atoms with Crippen LogP contribution in [0.3, 0.4) is 0 Å². The molecule has 4 rings (SSSR count). The summed E-state index contributed by atoms with van der Waals surface area (Å²) >= 11 is 0. The maximum absolute atomic E-state index is 13.3. The van der Waals surface area contributed by atoms with Crippen molar-refractivity contribution in [2.45, 2.75) is 61.9 Å². The Morgan fingerprint density at radius 3 is 2.36 bits per heavy atom. The zero-order valence-corrected chi connectivity index (χ0v) is 24.1. The van der Waals surface area contributed by atoms with Gasteiger partial charge in [-0.25, -0.2) is 18.2 Å². The first-order valence-corrected chi connectivity index (χ1v) is 15.5. The molecule has 222 valence electrons. The van der Waals surface area contributed by atoms with Crippen molar-refractivity contribution in [1.29, 1.82) is 0 Å². The predicted octanol–water partition coefficient (Wildman–Crippen LogP) is 3.44. The molecule has 42 heavy (non-hydrogen) atoms. The number of ketones is 1. The van der Waals surface area contributed by atoms with Crippen LogP contribution in [0.2, 0.25) is 0 Å². The lowest BCUT2D eigenvalue weighted by atomic mass is 10.00. The highest BCUT2D eigenvalue weighted by molar-refractivity contribution is 7.89. The number of amides is 1. The van der Waals surface area contributed by atoms with Crippen molar-refractivity contribution in [3.05, 3.63) is 90.1 Å². The SMILES string of the molecule is O=C(CCCNc1ccccn1)Cc1ccc(C[C@H](NC(=O)[C@@H]2CCCCN2S(=O)(=O)c2ccccc2)C(=O)O)cc1. The largest absolute Gasteiger partial charge is 0.480 e. The molecule has 0 bridgehead atoms. The molecule has 2 heterocycles. The molecule has 1 aliphatic heterocycles. The molecule has 11 heteroatoms. The molecule has 2 atom stereocenters. The second kappa shape index (κ2) is 14.7. The molecule has 2 aromatic carbocycles. The number of aliphatic carboxylic acids is 1. The van der Waals surface area contributed by atoms with Gasteiger partial charge >= 0.3 is 5.97 Å². The van der Waals surface area contributed by atoms with E-state index in [2.05, 4.69) is 15.6 Å². The van der Waals surface area contributed by atoms with Gasteiger partial charge in [0.05, 0.1) is 4.90 Å². The van der Waals surface area contributed by atoms with Crippen molar-refractivity contribution in [1.82, 2.24) is 14.6 Å². The Morgan fingerprint density at radius 1 is 0.952 bits per heavy atom. The number of aromatic nitrogens is 1. The third-order valence-corrected chi connectivity index (χ3v) is 9.11. The summed E-state index contributed by atoms with van der Waals surface area (Å²) in [5.74, 6) is -0.968. The summed E-state index contributed by atoms with van der Waals surface area (Å²) in [4.78, 5) is 42.0. The number of anilines is 1. The first kappa shape index (κ1) is 30.9. The van der Waals surface area contributed by atoms with Crippen molar-refractivity contribution < 1.29 is 27.9 Å². The van der Waals surface area contributed by atoms with Gasteiger partial charge in [-0.1, -0.05) is 55.0 Å². The van der Waals surface area contributed by atoms with Gasteiger partial charge in [0.2, 0.25) is 15.9 Å². The van der Waals surface area contributed by atoms with E-state index in [0.29, 0.717) is 44.2 Å². The number of hydrogen-bond donors (Lipinski definition) is 3. The van der Waals surface area contributed by atoms with Crippen LogP contribution in [0.25, 0.3) is 0 Å². The quantitative estimate of drug-likeness (QED) is 0.241. The summed E-state index contributed by atoms with van der Waals surface area (Å²) in [7, 11) is -3.92. The number of piperidine rings is 1. The van der Waals surface area contributed by atoms with Crippen molar-refractivity contribution in [2.75, 3.05) is 18.4 Å². The lowest BCUT2D eigenvalue weighted by molar-refractivity contribution is -0.142. The van der Waals surface area contributed by atoms with Crippen LogP contribution in [0.15, 0.2) is 83.9 Å². The number of sulfonamides is 1. The second-order valence-corrected chi connectivity index (χ2v) is 12.2. The number of carbonyl (C=O) groups is 3. The van der Waals surface area contributed by atoms with Gasteiger partial charge < -0.3 is 15.7 Å². The zero-order chi connectivity index (χ0) is 30.0. The van der Waals surface area contributed by atoms with Crippen LogP contribution in [0.5, 0.6) is 0 Å². The number of benzene rings is 2. The maximum atomic E-state index is 13.3. The Kier molecular flexibility index (Phi) is 10.8. The molecule has 1 aromatic heterocycles. The standard InChI is InChI=1S/C31H36N4O6S/c36-25(9-8-19-33-29-13-4-6-18-32-29)21-23-14-16-24(17-15-23)22-27(31(38)39)34-30(37)28-12-5-7-20-35(28)42(40,41)26-10-2-1-3-11-26/h1-4,6,10-11,13-18,27-28H,5,7-9,12,19-22H2,(H,32,33)(H,34,37)(H,38,39)/t27-,28-/m0/s1. The van der Waals surface area contributed by atoms with Crippen LogP contribution in [0.4, 0.5) is 5.82 Å². The molecule has 0 radical (unpaired) electrons. The van der Waals surface area contributed by atoms with E-state index in [1.165, 1.54) is 16.4 Å². The number of hydrogen-bond acceptors (Lipinski definition) is 7. The number of carbonyl (C=O) groups excluding carboxylic acids is 2. The molecule has 10 nitrogen and oxygen atoms in total. The Hall–Kier alpha value is -4.09. The molecule has 1 fully saturated rings. The van der Waals surface area contributed by atoms with E-state index in [0.717, 1.165) is 11.4 Å². The molecule has 1 amide bonds. The van der Waals surface area contributed by atoms with Crippen molar-refractivity contribution in [3.8, 4) is 0 Å². The number of nitrogens with zero attached hydrogens (tertiary/aromatic N) is 2. The summed E-state index contributed by atoms with van der Waals surface area (Å²) < 4.78 is 27.7. The predicted molar refractivity (Wildman–Crippen MR) is 158 cm³/mol. The molecule has 0 unspecified atom stereocenters. The fraction of sp³-hybridized carbons (Fsp3) is 0.355. The summed E-state index contributed by atoms with van der Waals surface area (Å²) in [6.45, 7) is 0.828. The highest BCUT2D eigenvalue weighted by Gasteiger charge is 2.38. The van der Waals surface area contributed by atoms with E-state index in [-0.39, 0.29) is 30.1 Å². The fourth-order valence-electron chi connectivity index (χ4n) is 4.96. The molecular formula is C31H36N4O6S. The average Bonchev–Trinajstić information content (AvgIpc) is 3.00. The highest BCUT2D eigenvalue weighted by atomic mass is 32.2. The van der Waals surface area contributed by atoms with Gasteiger partial charge in [-0.2, -0.15) is 4.31 Å². The van der Waals surface area contributed by atoms with Crippen LogP contribution in [-0.4, -0.2) is 65.6 Å². The van der Waals surface area contributed by atoms with Crippen molar-refractivity contribution in [2.24, 2.45) is 0 Å². The third-order valence-electron chi connectivity index (χ3n) is 7.19. The van der Waals surface area contributed by atoms with Crippen LogP contribution in [0, 0.1) is 0 Å². The van der Waals surface area contributed by atoms with E-state index in [4.69, 9.17) is 0 Å². The number of nitrogens with one attached hydrogen (secondary N) is 2. The molecule has 1 aliphatic rings. The lowest BCUT2D eigenvalue weighted by Gasteiger charge is -2.34. The van der Waals surface area contributed by atoms with E-state index in [1.54, 1.807) is 48.7 Å². The molecule has 0 aliphatic carbocycles. The summed E-state index contributed by atoms with van der Waals surface area (Å²) in [5.41, 5.74) is 1.50. The number of carboxylic acid groups (broad SMARTS) is 1. The monoisotopic (exact) mass is 592 g/mol. The topological polar surface area (TPSA) is 146 Å². The van der Waals surface area contributed by atoms with Gasteiger partial charge in [0.15, 0.2) is 0 Å². The van der Waals surface area contributed by atoms with Crippen LogP contribution < -0.4 is 10.6 Å². The third kappa shape index (κ3) is 8.46. The molecule has 3 aromatic rings. The van der Waals surface area contributed by atoms with Gasteiger partial charge in [0.25, 0.3) is 0 Å². The Balaban J connectivity index is 1.30. The van der Waals surface area contributed by atoms with Crippen molar-refractivity contribution >= 4 is 33.5 Å². The maximum Gasteiger partial charge on any atom is 0.326 e. The first-order chi connectivity index (χ1) is 20.2. The van der Waals surface area contributed by atoms with E-state index < -0.39 is 34.0 Å². The molecule has 1 saturated heterocycles. The van der Waals surface area contributed by atoms with Crippen LogP contribution >= 0.6 is 0 Å².